The SMILES string of the molecule is CC(N)(CCCCB(O)O)C1CCN(Cc2ccc(Cl)c(Cl)c2)CC1. The average Bonchev–Trinajstić information content (AvgIpc) is 2.55. The lowest BCUT2D eigenvalue weighted by molar-refractivity contribution is 0.125. The molecule has 1 saturated heterocycles. The van der Waals surface area contributed by atoms with Gasteiger partial charge in [-0.2, -0.15) is 0 Å². The summed E-state index contributed by atoms with van der Waals surface area (Å²) in [6.45, 7) is 5.10. The molecular formula is C18H29BCl2N2O2. The lowest BCUT2D eigenvalue weighted by Gasteiger charge is -2.40. The summed E-state index contributed by atoms with van der Waals surface area (Å²) >= 11 is 12.1. The van der Waals surface area contributed by atoms with Gasteiger partial charge in [0.25, 0.3) is 0 Å². The number of hydrogen-bond donors (Lipinski definition) is 3. The zero-order valence-corrected chi connectivity index (χ0v) is 16.4. The molecule has 0 amide bonds. The minimum atomic E-state index is -1.20. The largest absolute Gasteiger partial charge is 0.451 e. The van der Waals surface area contributed by atoms with Gasteiger partial charge in [0.05, 0.1) is 10.0 Å². The summed E-state index contributed by atoms with van der Waals surface area (Å²) in [7, 11) is -1.20. The zero-order chi connectivity index (χ0) is 18.4. The number of halogens is 2. The second-order valence-corrected chi connectivity index (χ2v) is 8.35. The Morgan fingerprint density at radius 2 is 1.88 bits per heavy atom. The van der Waals surface area contributed by atoms with Crippen LogP contribution < -0.4 is 5.73 Å². The molecule has 1 aromatic rings. The number of unbranched alkanes of at least 4 members (excludes halogenated alkanes) is 1. The van der Waals surface area contributed by atoms with Crippen LogP contribution in [-0.2, 0) is 6.54 Å². The summed E-state index contributed by atoms with van der Waals surface area (Å²) < 4.78 is 0. The van der Waals surface area contributed by atoms with Crippen molar-refractivity contribution in [3.8, 4) is 0 Å². The summed E-state index contributed by atoms with van der Waals surface area (Å²) in [5, 5.41) is 19.0. The van der Waals surface area contributed by atoms with E-state index >= 15 is 0 Å². The first-order chi connectivity index (χ1) is 11.8. The molecule has 25 heavy (non-hydrogen) atoms. The maximum atomic E-state index is 8.92. The Kier molecular flexibility index (Phi) is 8.06. The minimum absolute atomic E-state index is 0.184. The Labute approximate surface area is 161 Å². The average molecular weight is 387 g/mol. The predicted molar refractivity (Wildman–Crippen MR) is 106 cm³/mol. The highest BCUT2D eigenvalue weighted by atomic mass is 35.5. The Hall–Kier alpha value is -0.295. The molecule has 0 aromatic heterocycles. The van der Waals surface area contributed by atoms with Gasteiger partial charge >= 0.3 is 7.12 Å². The summed E-state index contributed by atoms with van der Waals surface area (Å²) in [6, 6.07) is 5.83. The van der Waals surface area contributed by atoms with Crippen molar-refractivity contribution in [3.05, 3.63) is 33.8 Å². The van der Waals surface area contributed by atoms with Crippen molar-refractivity contribution in [1.82, 2.24) is 4.90 Å². The molecule has 0 spiro atoms. The van der Waals surface area contributed by atoms with Crippen molar-refractivity contribution in [2.24, 2.45) is 11.7 Å². The molecule has 0 radical (unpaired) electrons. The van der Waals surface area contributed by atoms with Gasteiger partial charge in [0, 0.05) is 12.1 Å². The van der Waals surface area contributed by atoms with E-state index in [1.807, 2.05) is 18.2 Å². The summed E-state index contributed by atoms with van der Waals surface area (Å²) in [4.78, 5) is 2.44. The number of likely N-dealkylation sites (tertiary alicyclic amines) is 1. The smallest absolute Gasteiger partial charge is 0.427 e. The molecule has 7 heteroatoms. The number of hydrogen-bond acceptors (Lipinski definition) is 4. The van der Waals surface area contributed by atoms with Gasteiger partial charge in [0.1, 0.15) is 0 Å². The van der Waals surface area contributed by atoms with E-state index < -0.39 is 7.12 Å². The number of piperidine rings is 1. The molecule has 1 aliphatic heterocycles. The minimum Gasteiger partial charge on any atom is -0.427 e. The first-order valence-electron chi connectivity index (χ1n) is 9.09. The van der Waals surface area contributed by atoms with Crippen LogP contribution in [0.5, 0.6) is 0 Å². The molecule has 0 saturated carbocycles. The van der Waals surface area contributed by atoms with Gasteiger partial charge in [-0.1, -0.05) is 42.1 Å². The van der Waals surface area contributed by atoms with Crippen LogP contribution in [0.15, 0.2) is 18.2 Å². The molecule has 4 nitrogen and oxygen atoms in total. The van der Waals surface area contributed by atoms with E-state index in [1.54, 1.807) is 0 Å². The molecule has 1 fully saturated rings. The second-order valence-electron chi connectivity index (χ2n) is 7.53. The highest BCUT2D eigenvalue weighted by Gasteiger charge is 2.32. The van der Waals surface area contributed by atoms with Crippen molar-refractivity contribution in [3.63, 3.8) is 0 Å². The number of benzene rings is 1. The molecule has 0 bridgehead atoms. The van der Waals surface area contributed by atoms with Crippen LogP contribution in [0.25, 0.3) is 0 Å². The molecule has 1 aliphatic rings. The van der Waals surface area contributed by atoms with Crippen LogP contribution >= 0.6 is 23.2 Å². The molecule has 4 N–H and O–H groups in total. The van der Waals surface area contributed by atoms with E-state index in [2.05, 4.69) is 11.8 Å². The fraction of sp³-hybridized carbons (Fsp3) is 0.667. The maximum absolute atomic E-state index is 8.92. The van der Waals surface area contributed by atoms with E-state index in [0.29, 0.717) is 22.3 Å². The molecule has 1 heterocycles. The molecule has 1 atom stereocenters. The van der Waals surface area contributed by atoms with Gasteiger partial charge in [0.15, 0.2) is 0 Å². The zero-order valence-electron chi connectivity index (χ0n) is 14.9. The van der Waals surface area contributed by atoms with E-state index in [9.17, 15) is 0 Å². The van der Waals surface area contributed by atoms with Crippen molar-refractivity contribution in [1.29, 1.82) is 0 Å². The van der Waals surface area contributed by atoms with Crippen molar-refractivity contribution < 1.29 is 10.0 Å². The second kappa shape index (κ2) is 9.59. The molecule has 1 unspecified atom stereocenters. The molecule has 1 aromatic carbocycles. The third-order valence-electron chi connectivity index (χ3n) is 5.34. The summed E-state index contributed by atoms with van der Waals surface area (Å²) in [6.07, 6.45) is 5.29. The van der Waals surface area contributed by atoms with Crippen LogP contribution in [0.2, 0.25) is 16.4 Å². The topological polar surface area (TPSA) is 69.7 Å². The summed E-state index contributed by atoms with van der Waals surface area (Å²) in [5.74, 6) is 0.511. The van der Waals surface area contributed by atoms with Gasteiger partial charge in [-0.05, 0) is 69.2 Å². The number of rotatable bonds is 8. The fourth-order valence-corrected chi connectivity index (χ4v) is 4.00. The maximum Gasteiger partial charge on any atom is 0.451 e. The Morgan fingerprint density at radius 1 is 1.20 bits per heavy atom. The van der Waals surface area contributed by atoms with Crippen LogP contribution in [0.4, 0.5) is 0 Å². The van der Waals surface area contributed by atoms with Crippen molar-refractivity contribution in [2.45, 2.75) is 57.4 Å². The lowest BCUT2D eigenvalue weighted by Crippen LogP contribution is -2.49. The van der Waals surface area contributed by atoms with Crippen LogP contribution in [0.3, 0.4) is 0 Å². The predicted octanol–water partition coefficient (Wildman–Crippen LogP) is 3.57. The monoisotopic (exact) mass is 386 g/mol. The first-order valence-corrected chi connectivity index (χ1v) is 9.85. The highest BCUT2D eigenvalue weighted by Crippen LogP contribution is 2.31. The third kappa shape index (κ3) is 6.74. The Balaban J connectivity index is 1.77. The summed E-state index contributed by atoms with van der Waals surface area (Å²) in [5.41, 5.74) is 7.57. The fourth-order valence-electron chi connectivity index (χ4n) is 3.68. The first kappa shape index (κ1) is 21.0. The normalized spacial score (nSPS) is 19.0. The van der Waals surface area contributed by atoms with Crippen molar-refractivity contribution in [2.75, 3.05) is 13.1 Å². The van der Waals surface area contributed by atoms with Crippen LogP contribution in [-0.4, -0.2) is 40.7 Å². The molecular weight excluding hydrogens is 358 g/mol. The number of nitrogens with two attached hydrogens (primary N) is 1. The highest BCUT2D eigenvalue weighted by molar-refractivity contribution is 6.42. The molecule has 2 rings (SSSR count). The Morgan fingerprint density at radius 3 is 2.48 bits per heavy atom. The van der Waals surface area contributed by atoms with Gasteiger partial charge in [-0.3, -0.25) is 4.90 Å². The standard InChI is InChI=1S/C18H29BCl2N2O2/c1-18(22,8-2-3-9-19(24)25)15-6-10-23(11-7-15)13-14-4-5-16(20)17(21)12-14/h4-5,12,15,24-25H,2-3,6-11,13,22H2,1H3. The van der Waals surface area contributed by atoms with Crippen LogP contribution in [0.1, 0.15) is 44.6 Å². The Bertz CT molecular complexity index is 550. The third-order valence-corrected chi connectivity index (χ3v) is 6.08. The molecule has 140 valence electrons. The van der Waals surface area contributed by atoms with Gasteiger partial charge in [-0.15, -0.1) is 0 Å². The number of nitrogens with zero attached hydrogens (tertiary/aromatic N) is 1. The van der Waals surface area contributed by atoms with E-state index in [-0.39, 0.29) is 5.54 Å². The van der Waals surface area contributed by atoms with E-state index in [0.717, 1.165) is 51.7 Å². The van der Waals surface area contributed by atoms with Gasteiger partial charge in [-0.25, -0.2) is 0 Å². The van der Waals surface area contributed by atoms with Crippen molar-refractivity contribution >= 4 is 30.3 Å². The van der Waals surface area contributed by atoms with Crippen LogP contribution in [0, 0.1) is 5.92 Å². The van der Waals surface area contributed by atoms with E-state index in [4.69, 9.17) is 39.0 Å². The quantitative estimate of drug-likeness (QED) is 0.471. The lowest BCUT2D eigenvalue weighted by atomic mass is 9.75. The molecule has 0 aliphatic carbocycles. The van der Waals surface area contributed by atoms with Gasteiger partial charge < -0.3 is 15.8 Å². The van der Waals surface area contributed by atoms with E-state index in [1.165, 1.54) is 5.56 Å². The van der Waals surface area contributed by atoms with Gasteiger partial charge in [0.2, 0.25) is 0 Å².